The lowest BCUT2D eigenvalue weighted by Gasteiger charge is -2.13. The maximum absolute atomic E-state index is 11.2. The Hall–Kier alpha value is -1.57. The fourth-order valence-electron chi connectivity index (χ4n) is 2.14. The third-order valence-electron chi connectivity index (χ3n) is 2.83. The number of ether oxygens (including phenoxy) is 1. The molecule has 2 heteroatoms. The van der Waals surface area contributed by atoms with Crippen LogP contribution >= 0.6 is 0 Å². The molecule has 14 heavy (non-hydrogen) atoms. The number of carbonyl (C=O) groups excluding carboxylic acids is 1. The Kier molecular flexibility index (Phi) is 1.51. The smallest absolute Gasteiger partial charge is 0.311 e. The van der Waals surface area contributed by atoms with Crippen LogP contribution in [-0.4, -0.2) is 5.97 Å². The second-order valence-corrected chi connectivity index (χ2v) is 3.74. The van der Waals surface area contributed by atoms with Gasteiger partial charge in [-0.2, -0.15) is 0 Å². The number of benzene rings is 1. The first-order valence-corrected chi connectivity index (χ1v) is 4.85. The molecule has 0 fully saturated rings. The Labute approximate surface area is 82.2 Å². The molecule has 1 heterocycles. The van der Waals surface area contributed by atoms with Crippen molar-refractivity contribution in [2.24, 2.45) is 0 Å². The maximum atomic E-state index is 11.2. The maximum Gasteiger partial charge on any atom is 0.311 e. The van der Waals surface area contributed by atoms with Crippen LogP contribution in [-0.2, 0) is 16.0 Å². The van der Waals surface area contributed by atoms with Crippen LogP contribution in [0.3, 0.4) is 0 Å². The molecule has 0 unspecified atom stereocenters. The van der Waals surface area contributed by atoms with E-state index in [2.05, 4.69) is 6.07 Å². The number of hydrogen-bond donors (Lipinski definition) is 0. The van der Waals surface area contributed by atoms with Gasteiger partial charge in [-0.25, -0.2) is 0 Å². The summed E-state index contributed by atoms with van der Waals surface area (Å²) in [5.41, 5.74) is 3.67. The molecule has 3 rings (SSSR count). The van der Waals surface area contributed by atoms with Crippen molar-refractivity contribution in [3.05, 3.63) is 41.0 Å². The molecule has 0 aromatic heterocycles. The van der Waals surface area contributed by atoms with Gasteiger partial charge in [-0.3, -0.25) is 4.79 Å². The Bertz CT molecular complexity index is 443. The molecule has 0 N–H and O–H groups in total. The van der Waals surface area contributed by atoms with E-state index in [9.17, 15) is 4.79 Å². The quantitative estimate of drug-likeness (QED) is 0.581. The minimum atomic E-state index is -0.0968. The highest BCUT2D eigenvalue weighted by Gasteiger charge is 2.28. The highest BCUT2D eigenvalue weighted by molar-refractivity contribution is 5.85. The molecule has 1 aromatic rings. The SMILES string of the molecule is O=C1CCC2=C(O1)c1ccccc1C2. The van der Waals surface area contributed by atoms with Gasteiger partial charge in [0.25, 0.3) is 0 Å². The summed E-state index contributed by atoms with van der Waals surface area (Å²) in [5, 5.41) is 0. The summed E-state index contributed by atoms with van der Waals surface area (Å²) in [6.45, 7) is 0. The van der Waals surface area contributed by atoms with Crippen LogP contribution in [0.4, 0.5) is 0 Å². The van der Waals surface area contributed by atoms with Crippen molar-refractivity contribution < 1.29 is 9.53 Å². The summed E-state index contributed by atoms with van der Waals surface area (Å²) in [6, 6.07) is 8.13. The fraction of sp³-hybridized carbons (Fsp3) is 0.250. The summed E-state index contributed by atoms with van der Waals surface area (Å²) in [5.74, 6) is 0.734. The average Bonchev–Trinajstić information content (AvgIpc) is 2.56. The molecule has 0 saturated carbocycles. The third kappa shape index (κ3) is 1.00. The molecule has 0 bridgehead atoms. The summed E-state index contributed by atoms with van der Waals surface area (Å²) in [7, 11) is 0. The summed E-state index contributed by atoms with van der Waals surface area (Å²) in [4.78, 5) is 11.2. The Balaban J connectivity index is 2.11. The standard InChI is InChI=1S/C12H10O2/c13-11-6-5-9-7-8-3-1-2-4-10(8)12(9)14-11/h1-4H,5-7H2. The van der Waals surface area contributed by atoms with Crippen LogP contribution in [0.2, 0.25) is 0 Å². The van der Waals surface area contributed by atoms with E-state index in [0.717, 1.165) is 24.2 Å². The van der Waals surface area contributed by atoms with E-state index in [1.807, 2.05) is 18.2 Å². The van der Waals surface area contributed by atoms with Gasteiger partial charge in [-0.05, 0) is 24.0 Å². The van der Waals surface area contributed by atoms with Crippen molar-refractivity contribution >= 4 is 11.7 Å². The van der Waals surface area contributed by atoms with Crippen molar-refractivity contribution in [2.75, 3.05) is 0 Å². The van der Waals surface area contributed by atoms with Crippen LogP contribution in [0, 0.1) is 0 Å². The number of esters is 1. The van der Waals surface area contributed by atoms with Crippen LogP contribution in [0.25, 0.3) is 5.76 Å². The van der Waals surface area contributed by atoms with Crippen LogP contribution in [0.5, 0.6) is 0 Å². The van der Waals surface area contributed by atoms with E-state index in [0.29, 0.717) is 6.42 Å². The molecule has 0 amide bonds. The number of rotatable bonds is 0. The Morgan fingerprint density at radius 1 is 1.14 bits per heavy atom. The number of carbonyl (C=O) groups is 1. The highest BCUT2D eigenvalue weighted by atomic mass is 16.5. The second-order valence-electron chi connectivity index (χ2n) is 3.74. The number of fused-ring (bicyclic) bond motifs is 2. The minimum Gasteiger partial charge on any atom is -0.426 e. The van der Waals surface area contributed by atoms with E-state index in [-0.39, 0.29) is 5.97 Å². The monoisotopic (exact) mass is 186 g/mol. The van der Waals surface area contributed by atoms with Crippen LogP contribution < -0.4 is 0 Å². The van der Waals surface area contributed by atoms with Gasteiger partial charge in [0.15, 0.2) is 0 Å². The molecule has 0 spiro atoms. The van der Waals surface area contributed by atoms with E-state index in [1.165, 1.54) is 11.1 Å². The number of hydrogen-bond acceptors (Lipinski definition) is 2. The predicted octanol–water partition coefficient (Wildman–Crippen LogP) is 2.29. The van der Waals surface area contributed by atoms with E-state index in [1.54, 1.807) is 0 Å². The van der Waals surface area contributed by atoms with Gasteiger partial charge in [0.2, 0.25) is 0 Å². The molecule has 0 radical (unpaired) electrons. The van der Waals surface area contributed by atoms with Gasteiger partial charge in [0.05, 0.1) is 0 Å². The fourth-order valence-corrected chi connectivity index (χ4v) is 2.14. The third-order valence-corrected chi connectivity index (χ3v) is 2.83. The zero-order chi connectivity index (χ0) is 9.54. The summed E-state index contributed by atoms with van der Waals surface area (Å²) >= 11 is 0. The predicted molar refractivity (Wildman–Crippen MR) is 52.4 cm³/mol. The van der Waals surface area contributed by atoms with Gasteiger partial charge in [-0.15, -0.1) is 0 Å². The molecule has 0 saturated heterocycles. The molecule has 1 aliphatic carbocycles. The zero-order valence-corrected chi connectivity index (χ0v) is 7.75. The molecular formula is C12H10O2. The lowest BCUT2D eigenvalue weighted by Crippen LogP contribution is -2.09. The molecular weight excluding hydrogens is 176 g/mol. The second kappa shape index (κ2) is 2.71. The van der Waals surface area contributed by atoms with Crippen LogP contribution in [0.15, 0.2) is 29.8 Å². The first-order valence-electron chi connectivity index (χ1n) is 4.85. The average molecular weight is 186 g/mol. The molecule has 0 atom stereocenters. The normalized spacial score (nSPS) is 19.0. The van der Waals surface area contributed by atoms with Crippen molar-refractivity contribution in [1.29, 1.82) is 0 Å². The van der Waals surface area contributed by atoms with Gasteiger partial charge in [0, 0.05) is 12.0 Å². The van der Waals surface area contributed by atoms with Gasteiger partial charge >= 0.3 is 5.97 Å². The van der Waals surface area contributed by atoms with E-state index >= 15 is 0 Å². The summed E-state index contributed by atoms with van der Waals surface area (Å²) < 4.78 is 5.28. The molecule has 1 aliphatic heterocycles. The van der Waals surface area contributed by atoms with Crippen molar-refractivity contribution in [3.8, 4) is 0 Å². The van der Waals surface area contributed by atoms with Gasteiger partial charge in [0.1, 0.15) is 5.76 Å². The Morgan fingerprint density at radius 2 is 2.00 bits per heavy atom. The molecule has 2 aliphatic rings. The van der Waals surface area contributed by atoms with Gasteiger partial charge in [-0.1, -0.05) is 24.3 Å². The molecule has 1 aromatic carbocycles. The molecule has 2 nitrogen and oxygen atoms in total. The van der Waals surface area contributed by atoms with Crippen LogP contribution in [0.1, 0.15) is 24.0 Å². The topological polar surface area (TPSA) is 26.3 Å². The first kappa shape index (κ1) is 7.80. The number of allylic oxidation sites excluding steroid dienone is 1. The zero-order valence-electron chi connectivity index (χ0n) is 7.75. The molecule has 70 valence electrons. The van der Waals surface area contributed by atoms with E-state index < -0.39 is 0 Å². The minimum absolute atomic E-state index is 0.0968. The van der Waals surface area contributed by atoms with E-state index in [4.69, 9.17) is 4.74 Å². The van der Waals surface area contributed by atoms with Gasteiger partial charge < -0.3 is 4.74 Å². The Morgan fingerprint density at radius 3 is 2.93 bits per heavy atom. The lowest BCUT2D eigenvalue weighted by atomic mass is 10.1. The summed E-state index contributed by atoms with van der Waals surface area (Å²) in [6.07, 6.45) is 2.36. The largest absolute Gasteiger partial charge is 0.426 e. The van der Waals surface area contributed by atoms with Crippen molar-refractivity contribution in [3.63, 3.8) is 0 Å². The lowest BCUT2D eigenvalue weighted by molar-refractivity contribution is -0.137. The van der Waals surface area contributed by atoms with Crippen molar-refractivity contribution in [2.45, 2.75) is 19.3 Å². The van der Waals surface area contributed by atoms with Crippen molar-refractivity contribution in [1.82, 2.24) is 0 Å². The first-order chi connectivity index (χ1) is 6.84. The highest BCUT2D eigenvalue weighted by Crippen LogP contribution is 2.38.